The molecule has 214 valence electrons. The molecule has 12 heteroatoms. The van der Waals surface area contributed by atoms with Crippen LogP contribution in [0.2, 0.25) is 0 Å². The van der Waals surface area contributed by atoms with E-state index in [-0.39, 0.29) is 27.1 Å². The molecule has 1 atom stereocenters. The minimum atomic E-state index is -0.991. The molecule has 5 rings (SSSR count). The highest BCUT2D eigenvalue weighted by Gasteiger charge is 2.35. The summed E-state index contributed by atoms with van der Waals surface area (Å²) in [5.74, 6) is -0.643. The molecule has 0 radical (unpaired) electrons. The molecular formula is C30H24N3O8S-. The summed E-state index contributed by atoms with van der Waals surface area (Å²) in [4.78, 5) is 43.1. The third-order valence-electron chi connectivity index (χ3n) is 6.61. The molecule has 1 aromatic heterocycles. The maximum absolute atomic E-state index is 14.0. The van der Waals surface area contributed by atoms with Gasteiger partial charge in [0, 0.05) is 11.6 Å². The van der Waals surface area contributed by atoms with Gasteiger partial charge >= 0.3 is 5.97 Å². The second-order valence-corrected chi connectivity index (χ2v) is 10.0. The van der Waals surface area contributed by atoms with Crippen LogP contribution in [0.1, 0.15) is 29.7 Å². The van der Waals surface area contributed by atoms with Crippen LogP contribution in [0.5, 0.6) is 17.2 Å². The molecule has 1 aliphatic heterocycles. The van der Waals surface area contributed by atoms with E-state index < -0.39 is 33.9 Å². The average molecular weight is 587 g/mol. The number of ether oxygens (including phenoxy) is 3. The summed E-state index contributed by atoms with van der Waals surface area (Å²) < 4.78 is 17.8. The van der Waals surface area contributed by atoms with E-state index in [1.165, 1.54) is 37.0 Å². The molecule has 42 heavy (non-hydrogen) atoms. The van der Waals surface area contributed by atoms with Crippen molar-refractivity contribution in [3.63, 3.8) is 0 Å². The Labute approximate surface area is 243 Å². The lowest BCUT2D eigenvalue weighted by Gasteiger charge is -2.26. The first-order chi connectivity index (χ1) is 20.3. The first-order valence-electron chi connectivity index (χ1n) is 12.7. The lowest BCUT2D eigenvalue weighted by atomic mass is 9.93. The Morgan fingerprint density at radius 3 is 2.48 bits per heavy atom. The number of nitro groups is 1. The van der Waals surface area contributed by atoms with Crippen molar-refractivity contribution in [3.05, 3.63) is 119 Å². The quantitative estimate of drug-likeness (QED) is 0.174. The summed E-state index contributed by atoms with van der Waals surface area (Å²) in [6, 6.07) is 17.0. The zero-order chi connectivity index (χ0) is 30.0. The van der Waals surface area contributed by atoms with Crippen LogP contribution in [0.15, 0.2) is 82.1 Å². The Balaban J connectivity index is 1.85. The number of methoxy groups -OCH3 is 2. The van der Waals surface area contributed by atoms with Crippen LogP contribution in [0.25, 0.3) is 11.8 Å². The van der Waals surface area contributed by atoms with E-state index >= 15 is 0 Å². The number of fused-ring (bicyclic) bond motifs is 1. The van der Waals surface area contributed by atoms with Crippen LogP contribution in [0, 0.1) is 10.1 Å². The van der Waals surface area contributed by atoms with Gasteiger partial charge in [0.1, 0.15) is 0 Å². The fraction of sp³-hybridized carbons (Fsp3) is 0.167. The van der Waals surface area contributed by atoms with Crippen molar-refractivity contribution in [2.45, 2.75) is 13.0 Å². The molecule has 0 N–H and O–H groups in total. The van der Waals surface area contributed by atoms with Gasteiger partial charge in [-0.25, -0.2) is 9.79 Å². The summed E-state index contributed by atoms with van der Waals surface area (Å²) in [7, 11) is 2.97. The van der Waals surface area contributed by atoms with Gasteiger partial charge in [-0.1, -0.05) is 59.9 Å². The highest BCUT2D eigenvalue weighted by atomic mass is 32.1. The summed E-state index contributed by atoms with van der Waals surface area (Å²) in [6.45, 7) is 1.77. The van der Waals surface area contributed by atoms with Gasteiger partial charge in [-0.05, 0) is 42.0 Å². The molecule has 0 bridgehead atoms. The Kier molecular flexibility index (Phi) is 7.89. The lowest BCUT2D eigenvalue weighted by Crippen LogP contribution is -2.40. The van der Waals surface area contributed by atoms with Crippen molar-refractivity contribution in [1.29, 1.82) is 0 Å². The van der Waals surface area contributed by atoms with E-state index in [1.54, 1.807) is 49.4 Å². The van der Waals surface area contributed by atoms with Crippen molar-refractivity contribution >= 4 is 34.8 Å². The summed E-state index contributed by atoms with van der Waals surface area (Å²) in [5, 5.41) is 24.1. The lowest BCUT2D eigenvalue weighted by molar-refractivity contribution is -0.398. The molecule has 0 fully saturated rings. The van der Waals surface area contributed by atoms with Crippen molar-refractivity contribution in [2.75, 3.05) is 20.8 Å². The normalized spacial score (nSPS) is 14.6. The van der Waals surface area contributed by atoms with Gasteiger partial charge in [0.15, 0.2) is 16.3 Å². The largest absolute Gasteiger partial charge is 0.867 e. The van der Waals surface area contributed by atoms with E-state index in [2.05, 4.69) is 0 Å². The number of hydrogen-bond acceptors (Lipinski definition) is 10. The molecule has 0 aliphatic carbocycles. The fourth-order valence-corrected chi connectivity index (χ4v) is 5.71. The summed E-state index contributed by atoms with van der Waals surface area (Å²) >= 11 is 0.999. The molecule has 1 aliphatic rings. The number of carbonyl (C=O) groups excluding carboxylic acids is 1. The first kappa shape index (κ1) is 28.3. The van der Waals surface area contributed by atoms with E-state index in [0.717, 1.165) is 17.4 Å². The summed E-state index contributed by atoms with van der Waals surface area (Å²) in [6.07, 6.45) is 1.31. The zero-order valence-corrected chi connectivity index (χ0v) is 23.5. The fourth-order valence-electron chi connectivity index (χ4n) is 4.72. The second kappa shape index (κ2) is 11.7. The Morgan fingerprint density at radius 2 is 1.81 bits per heavy atom. The van der Waals surface area contributed by atoms with Gasteiger partial charge in [0.2, 0.25) is 0 Å². The number of carbonyl (C=O) groups is 1. The number of rotatable bonds is 8. The molecule has 4 aromatic rings. The topological polar surface area (TPSA) is 145 Å². The predicted octanol–water partition coefficient (Wildman–Crippen LogP) is 2.93. The highest BCUT2D eigenvalue weighted by molar-refractivity contribution is 7.07. The third kappa shape index (κ3) is 5.03. The van der Waals surface area contributed by atoms with Crippen LogP contribution in [0.3, 0.4) is 0 Å². The monoisotopic (exact) mass is 586 g/mol. The van der Waals surface area contributed by atoms with Crippen LogP contribution in [-0.4, -0.2) is 36.3 Å². The third-order valence-corrected chi connectivity index (χ3v) is 7.59. The number of aromatic nitrogens is 1. The molecule has 3 aromatic carbocycles. The van der Waals surface area contributed by atoms with Gasteiger partial charge in [-0.3, -0.25) is 19.5 Å². The molecule has 0 saturated heterocycles. The number of esters is 1. The van der Waals surface area contributed by atoms with Crippen LogP contribution >= 0.6 is 11.3 Å². The number of thiazole rings is 1. The summed E-state index contributed by atoms with van der Waals surface area (Å²) in [5.41, 5.74) is 0.436. The second-order valence-electron chi connectivity index (χ2n) is 9.00. The Morgan fingerprint density at radius 1 is 1.07 bits per heavy atom. The Hall–Kier alpha value is -5.23. The van der Waals surface area contributed by atoms with Crippen LogP contribution < -0.4 is 29.5 Å². The van der Waals surface area contributed by atoms with E-state index in [9.17, 15) is 24.8 Å². The highest BCUT2D eigenvalue weighted by Crippen LogP contribution is 2.38. The minimum absolute atomic E-state index is 0.0231. The molecule has 2 heterocycles. The van der Waals surface area contributed by atoms with Gasteiger partial charge in [-0.15, -0.1) is 0 Å². The zero-order valence-electron chi connectivity index (χ0n) is 22.7. The maximum Gasteiger partial charge on any atom is 0.338 e. The van der Waals surface area contributed by atoms with Gasteiger partial charge < -0.3 is 19.3 Å². The van der Waals surface area contributed by atoms with E-state index in [1.807, 2.05) is 6.07 Å². The van der Waals surface area contributed by atoms with Crippen molar-refractivity contribution in [1.82, 2.24) is 4.57 Å². The SMILES string of the molecule is CCOC(=O)C1=C(c2ccccc2)N=c2s/c(=C/c3cccc([N+](=O)[O-])c3[O-])c(=O)n2[C@H]1c1ccc(OC)c(OC)c1. The maximum atomic E-state index is 14.0. The van der Waals surface area contributed by atoms with Gasteiger partial charge in [-0.2, -0.15) is 0 Å². The number of para-hydroxylation sites is 1. The minimum Gasteiger partial charge on any atom is -0.867 e. The van der Waals surface area contributed by atoms with E-state index in [4.69, 9.17) is 19.2 Å². The molecular weight excluding hydrogens is 562 g/mol. The van der Waals surface area contributed by atoms with Crippen molar-refractivity contribution in [2.24, 2.45) is 4.99 Å². The molecule has 11 nitrogen and oxygen atoms in total. The number of nitrogens with zero attached hydrogens (tertiary/aromatic N) is 3. The van der Waals surface area contributed by atoms with Gasteiger partial charge in [0.05, 0.1) is 47.6 Å². The van der Waals surface area contributed by atoms with Crippen molar-refractivity contribution in [3.8, 4) is 17.2 Å². The standard InChI is InChI=1S/C30H25N3O8S/c1-4-41-29(36)24-25(17-9-6-5-7-10-17)31-30-32(26(24)18-13-14-21(39-2)22(15-18)40-3)28(35)23(42-30)16-19-11-8-12-20(27(19)34)33(37)38/h5-16,26,34H,4H2,1-3H3/p-1/b23-16+/t26-/m0/s1. The molecule has 0 spiro atoms. The number of hydrogen-bond donors (Lipinski definition) is 0. The van der Waals surface area contributed by atoms with Crippen LogP contribution in [-0.2, 0) is 9.53 Å². The smallest absolute Gasteiger partial charge is 0.338 e. The van der Waals surface area contributed by atoms with Crippen LogP contribution in [0.4, 0.5) is 5.69 Å². The molecule has 0 unspecified atom stereocenters. The molecule has 0 amide bonds. The van der Waals surface area contributed by atoms with E-state index in [0.29, 0.717) is 28.3 Å². The van der Waals surface area contributed by atoms with Gasteiger partial charge in [0.25, 0.3) is 11.2 Å². The van der Waals surface area contributed by atoms with Crippen molar-refractivity contribution < 1.29 is 29.0 Å². The number of nitro benzene ring substituents is 1. The number of benzene rings is 3. The average Bonchev–Trinajstić information content (AvgIpc) is 3.31. The predicted molar refractivity (Wildman–Crippen MR) is 153 cm³/mol. The molecule has 0 saturated carbocycles. The Bertz CT molecular complexity index is 1910. The first-order valence-corrected chi connectivity index (χ1v) is 13.6.